The van der Waals surface area contributed by atoms with Crippen LogP contribution in [0.2, 0.25) is 10.0 Å². The predicted octanol–water partition coefficient (Wildman–Crippen LogP) is 5.75. The Morgan fingerprint density at radius 3 is 2.84 bits per heavy atom. The van der Waals surface area contributed by atoms with Crippen molar-refractivity contribution in [3.8, 4) is 0 Å². The van der Waals surface area contributed by atoms with Crippen molar-refractivity contribution in [2.45, 2.75) is 11.7 Å². The summed E-state index contributed by atoms with van der Waals surface area (Å²) in [6, 6.07) is 12.7. The number of amides is 2. The summed E-state index contributed by atoms with van der Waals surface area (Å²) in [7, 11) is 0. The molecule has 6 nitrogen and oxygen atoms in total. The standard InChI is InChI=1S/C21H16Cl2N4O2S2/c1-2-10-27-19(29)16(11-17(28)24-14-8-5-6-12(22)18(14)23)31-21(27)26-20-25-13-7-3-4-9-15(13)30-20/h2-9,16H,1,10-11H2,(H,24,28). The molecule has 1 aromatic heterocycles. The number of para-hydroxylation sites is 1. The molecule has 4 rings (SSSR count). The van der Waals surface area contributed by atoms with Gasteiger partial charge in [-0.1, -0.05) is 70.6 Å². The summed E-state index contributed by atoms with van der Waals surface area (Å²) in [6.07, 6.45) is 1.60. The number of carbonyl (C=O) groups is 2. The van der Waals surface area contributed by atoms with E-state index in [0.717, 1.165) is 10.2 Å². The number of nitrogens with one attached hydrogen (secondary N) is 1. The van der Waals surface area contributed by atoms with Crippen molar-refractivity contribution >= 4 is 84.3 Å². The van der Waals surface area contributed by atoms with Gasteiger partial charge in [0.1, 0.15) is 5.25 Å². The summed E-state index contributed by atoms with van der Waals surface area (Å²) in [5, 5.41) is 3.77. The number of nitrogens with zero attached hydrogens (tertiary/aromatic N) is 3. The van der Waals surface area contributed by atoms with Gasteiger partial charge in [0.15, 0.2) is 5.17 Å². The first-order valence-electron chi connectivity index (χ1n) is 9.23. The number of hydrogen-bond acceptors (Lipinski definition) is 6. The van der Waals surface area contributed by atoms with Gasteiger partial charge >= 0.3 is 0 Å². The Balaban J connectivity index is 1.52. The van der Waals surface area contributed by atoms with Crippen molar-refractivity contribution in [1.29, 1.82) is 0 Å². The normalized spacial score (nSPS) is 17.5. The van der Waals surface area contributed by atoms with Gasteiger partial charge in [0, 0.05) is 13.0 Å². The summed E-state index contributed by atoms with van der Waals surface area (Å²) in [4.78, 5) is 36.1. The summed E-state index contributed by atoms with van der Waals surface area (Å²) >= 11 is 14.8. The van der Waals surface area contributed by atoms with Crippen LogP contribution >= 0.6 is 46.3 Å². The first-order valence-corrected chi connectivity index (χ1v) is 11.7. The van der Waals surface area contributed by atoms with E-state index < -0.39 is 5.25 Å². The van der Waals surface area contributed by atoms with E-state index in [1.807, 2.05) is 24.3 Å². The molecule has 3 aromatic rings. The van der Waals surface area contributed by atoms with Crippen molar-refractivity contribution in [2.24, 2.45) is 4.99 Å². The number of rotatable bonds is 6. The van der Waals surface area contributed by atoms with Crippen LogP contribution in [-0.2, 0) is 9.59 Å². The van der Waals surface area contributed by atoms with Crippen molar-refractivity contribution in [1.82, 2.24) is 9.88 Å². The van der Waals surface area contributed by atoms with Gasteiger partial charge in [-0.2, -0.15) is 4.99 Å². The Hall–Kier alpha value is -2.39. The van der Waals surface area contributed by atoms with Crippen LogP contribution in [0.25, 0.3) is 10.2 Å². The lowest BCUT2D eigenvalue weighted by Gasteiger charge is -2.13. The van der Waals surface area contributed by atoms with Crippen molar-refractivity contribution in [3.05, 3.63) is 65.2 Å². The first-order chi connectivity index (χ1) is 15.0. The Labute approximate surface area is 197 Å². The topological polar surface area (TPSA) is 74.7 Å². The third-order valence-corrected chi connectivity index (χ3v) is 7.33. The van der Waals surface area contributed by atoms with E-state index in [4.69, 9.17) is 23.2 Å². The number of halogens is 2. The number of thiazole rings is 1. The maximum absolute atomic E-state index is 12.9. The lowest BCUT2D eigenvalue weighted by molar-refractivity contribution is -0.127. The smallest absolute Gasteiger partial charge is 0.242 e. The highest BCUT2D eigenvalue weighted by molar-refractivity contribution is 8.15. The van der Waals surface area contributed by atoms with Gasteiger partial charge < -0.3 is 5.32 Å². The van der Waals surface area contributed by atoms with Gasteiger partial charge in [-0.25, -0.2) is 4.98 Å². The minimum Gasteiger partial charge on any atom is -0.325 e. The SMILES string of the molecule is C=CCN1C(=O)C(CC(=O)Nc2cccc(Cl)c2Cl)SC1=Nc1nc2ccccc2s1. The van der Waals surface area contributed by atoms with Crippen LogP contribution in [0.3, 0.4) is 0 Å². The molecule has 2 heterocycles. The molecular formula is C21H16Cl2N4O2S2. The Morgan fingerprint density at radius 2 is 2.06 bits per heavy atom. The first kappa shape index (κ1) is 21.8. The Bertz CT molecular complexity index is 1180. The lowest BCUT2D eigenvalue weighted by Crippen LogP contribution is -2.33. The fourth-order valence-corrected chi connectivity index (χ4v) is 5.37. The molecule has 1 unspecified atom stereocenters. The number of amidine groups is 1. The van der Waals surface area contributed by atoms with Crippen LogP contribution in [0.4, 0.5) is 10.8 Å². The molecule has 0 spiro atoms. The van der Waals surface area contributed by atoms with E-state index in [0.29, 0.717) is 27.6 Å². The van der Waals surface area contributed by atoms with E-state index in [1.165, 1.54) is 28.0 Å². The number of thioether (sulfide) groups is 1. The highest BCUT2D eigenvalue weighted by Gasteiger charge is 2.38. The van der Waals surface area contributed by atoms with Gasteiger partial charge in [-0.3, -0.25) is 14.5 Å². The summed E-state index contributed by atoms with van der Waals surface area (Å²) in [6.45, 7) is 4.02. The molecule has 2 aromatic carbocycles. The van der Waals surface area contributed by atoms with Gasteiger partial charge in [-0.05, 0) is 24.3 Å². The third kappa shape index (κ3) is 4.77. The zero-order valence-electron chi connectivity index (χ0n) is 16.0. The second kappa shape index (κ2) is 9.40. The maximum atomic E-state index is 12.9. The van der Waals surface area contributed by atoms with Gasteiger partial charge in [-0.15, -0.1) is 6.58 Å². The number of aromatic nitrogens is 1. The van der Waals surface area contributed by atoms with E-state index >= 15 is 0 Å². The molecule has 1 fully saturated rings. The molecule has 2 amide bonds. The monoisotopic (exact) mass is 490 g/mol. The average molecular weight is 491 g/mol. The van der Waals surface area contributed by atoms with Crippen LogP contribution in [0.15, 0.2) is 60.1 Å². The number of hydrogen-bond donors (Lipinski definition) is 1. The third-order valence-electron chi connectivity index (χ3n) is 4.40. The molecule has 0 saturated carbocycles. The zero-order valence-corrected chi connectivity index (χ0v) is 19.2. The summed E-state index contributed by atoms with van der Waals surface area (Å²) in [5.74, 6) is -0.535. The lowest BCUT2D eigenvalue weighted by atomic mass is 10.2. The van der Waals surface area contributed by atoms with Crippen LogP contribution in [0.5, 0.6) is 0 Å². The number of benzene rings is 2. The fraction of sp³-hybridized carbons (Fsp3) is 0.143. The number of carbonyl (C=O) groups excluding carboxylic acids is 2. The number of aliphatic imine (C=N–C) groups is 1. The Morgan fingerprint density at radius 1 is 1.26 bits per heavy atom. The zero-order chi connectivity index (χ0) is 22.0. The van der Waals surface area contributed by atoms with Crippen molar-refractivity contribution < 1.29 is 9.59 Å². The predicted molar refractivity (Wildman–Crippen MR) is 130 cm³/mol. The van der Waals surface area contributed by atoms with E-state index in [-0.39, 0.29) is 23.3 Å². The molecule has 10 heteroatoms. The largest absolute Gasteiger partial charge is 0.325 e. The highest BCUT2D eigenvalue weighted by atomic mass is 35.5. The molecule has 158 valence electrons. The minimum atomic E-state index is -0.606. The average Bonchev–Trinajstić information content (AvgIpc) is 3.27. The van der Waals surface area contributed by atoms with E-state index in [1.54, 1.807) is 24.3 Å². The molecule has 1 atom stereocenters. The van der Waals surface area contributed by atoms with Crippen LogP contribution < -0.4 is 5.32 Å². The van der Waals surface area contributed by atoms with Gasteiger partial charge in [0.2, 0.25) is 16.9 Å². The van der Waals surface area contributed by atoms with Crippen LogP contribution in [0.1, 0.15) is 6.42 Å². The minimum absolute atomic E-state index is 0.0289. The van der Waals surface area contributed by atoms with E-state index in [2.05, 4.69) is 21.9 Å². The quantitative estimate of drug-likeness (QED) is 0.446. The molecule has 1 aliphatic rings. The molecule has 1 aliphatic heterocycles. The number of anilines is 1. The van der Waals surface area contributed by atoms with Crippen LogP contribution in [0, 0.1) is 0 Å². The number of fused-ring (bicyclic) bond motifs is 1. The molecule has 1 saturated heterocycles. The fourth-order valence-electron chi connectivity index (χ4n) is 2.98. The van der Waals surface area contributed by atoms with Gasteiger partial charge in [0.05, 0.1) is 25.9 Å². The van der Waals surface area contributed by atoms with Crippen molar-refractivity contribution in [3.63, 3.8) is 0 Å². The molecular weight excluding hydrogens is 475 g/mol. The van der Waals surface area contributed by atoms with Crippen LogP contribution in [-0.4, -0.2) is 38.7 Å². The molecule has 1 N–H and O–H groups in total. The molecule has 0 radical (unpaired) electrons. The van der Waals surface area contributed by atoms with Gasteiger partial charge in [0.25, 0.3) is 0 Å². The second-order valence-electron chi connectivity index (χ2n) is 6.56. The summed E-state index contributed by atoms with van der Waals surface area (Å²) in [5.41, 5.74) is 1.26. The molecule has 0 bridgehead atoms. The van der Waals surface area contributed by atoms with Crippen molar-refractivity contribution in [2.75, 3.05) is 11.9 Å². The van der Waals surface area contributed by atoms with E-state index in [9.17, 15) is 9.59 Å². The molecule has 31 heavy (non-hydrogen) atoms. The Kier molecular flexibility index (Phi) is 6.62. The second-order valence-corrected chi connectivity index (χ2v) is 9.52. The highest BCUT2D eigenvalue weighted by Crippen LogP contribution is 2.35. The summed E-state index contributed by atoms with van der Waals surface area (Å²) < 4.78 is 1.01. The molecule has 0 aliphatic carbocycles. The maximum Gasteiger partial charge on any atom is 0.242 e.